The summed E-state index contributed by atoms with van der Waals surface area (Å²) in [6, 6.07) is 3.89. The van der Waals surface area contributed by atoms with Gasteiger partial charge in [-0.3, -0.25) is 4.79 Å². The molecule has 0 unspecified atom stereocenters. The molecule has 0 aromatic carbocycles. The smallest absolute Gasteiger partial charge is 0.223 e. The van der Waals surface area contributed by atoms with Gasteiger partial charge < -0.3 is 14.5 Å². The Balaban J connectivity index is 1.49. The topological polar surface area (TPSA) is 75.9 Å². The highest BCUT2D eigenvalue weighted by molar-refractivity contribution is 5.76. The fourth-order valence-corrected chi connectivity index (χ4v) is 3.28. The van der Waals surface area contributed by atoms with Gasteiger partial charge in [0, 0.05) is 39.0 Å². The molecule has 2 aromatic rings. The zero-order valence-corrected chi connectivity index (χ0v) is 13.7. The van der Waals surface area contributed by atoms with Crippen molar-refractivity contribution < 1.29 is 9.53 Å². The average Bonchev–Trinajstić information content (AvgIpc) is 3.30. The second-order valence-corrected chi connectivity index (χ2v) is 6.27. The minimum atomic E-state index is 0.202. The van der Waals surface area contributed by atoms with Crippen LogP contribution in [0.4, 0.5) is 5.82 Å². The fourth-order valence-electron chi connectivity index (χ4n) is 3.28. The fraction of sp³-hybridized carbons (Fsp3) is 0.625. The third-order valence-electron chi connectivity index (χ3n) is 4.67. The first-order chi connectivity index (χ1) is 11.8. The summed E-state index contributed by atoms with van der Waals surface area (Å²) >= 11 is 0. The van der Waals surface area contributed by atoms with Gasteiger partial charge in [-0.2, -0.15) is 4.52 Å². The van der Waals surface area contributed by atoms with Gasteiger partial charge in [-0.25, -0.2) is 0 Å². The molecule has 1 amide bonds. The van der Waals surface area contributed by atoms with Gasteiger partial charge in [0.05, 0.1) is 13.2 Å². The lowest BCUT2D eigenvalue weighted by Gasteiger charge is -2.27. The predicted molar refractivity (Wildman–Crippen MR) is 87.9 cm³/mol. The molecule has 2 aliphatic heterocycles. The Hall–Kier alpha value is -2.22. The lowest BCUT2D eigenvalue weighted by Crippen LogP contribution is -2.37. The molecule has 0 saturated carbocycles. The van der Waals surface area contributed by atoms with Crippen LogP contribution in [0.25, 0.3) is 5.65 Å². The second-order valence-electron chi connectivity index (χ2n) is 6.27. The minimum Gasteiger partial charge on any atom is -0.378 e. The summed E-state index contributed by atoms with van der Waals surface area (Å²) in [5, 5.41) is 13.1. The van der Waals surface area contributed by atoms with Crippen LogP contribution in [0.1, 0.15) is 25.1 Å². The number of rotatable bonds is 4. The van der Waals surface area contributed by atoms with Crippen LogP contribution in [0.3, 0.4) is 0 Å². The number of carbonyl (C=O) groups is 1. The average molecular weight is 330 g/mol. The number of anilines is 1. The highest BCUT2D eigenvalue weighted by Gasteiger charge is 2.19. The molecular formula is C16H22N6O2. The SMILES string of the molecule is O=C(CCc1nnc2ccc(N3CCOCC3)nn12)N1CCCC1. The third-order valence-corrected chi connectivity index (χ3v) is 4.67. The number of fused-ring (bicyclic) bond motifs is 1. The maximum Gasteiger partial charge on any atom is 0.223 e. The molecule has 8 heteroatoms. The number of nitrogens with zero attached hydrogens (tertiary/aromatic N) is 6. The van der Waals surface area contributed by atoms with Crippen molar-refractivity contribution in [2.45, 2.75) is 25.7 Å². The van der Waals surface area contributed by atoms with E-state index >= 15 is 0 Å². The molecule has 24 heavy (non-hydrogen) atoms. The molecule has 128 valence electrons. The molecule has 0 N–H and O–H groups in total. The first-order valence-corrected chi connectivity index (χ1v) is 8.63. The van der Waals surface area contributed by atoms with E-state index < -0.39 is 0 Å². The van der Waals surface area contributed by atoms with Crippen molar-refractivity contribution in [3.8, 4) is 0 Å². The number of likely N-dealkylation sites (tertiary alicyclic amines) is 1. The zero-order chi connectivity index (χ0) is 16.4. The Labute approximate surface area is 140 Å². The summed E-state index contributed by atoms with van der Waals surface area (Å²) in [7, 11) is 0. The van der Waals surface area contributed by atoms with Crippen molar-refractivity contribution in [3.05, 3.63) is 18.0 Å². The van der Waals surface area contributed by atoms with E-state index in [1.165, 1.54) is 0 Å². The summed E-state index contributed by atoms with van der Waals surface area (Å²) in [5.74, 6) is 1.85. The monoisotopic (exact) mass is 330 g/mol. The van der Waals surface area contributed by atoms with Gasteiger partial charge in [-0.1, -0.05) is 0 Å². The Morgan fingerprint density at radius 1 is 1.08 bits per heavy atom. The van der Waals surface area contributed by atoms with Gasteiger partial charge in [0.2, 0.25) is 5.91 Å². The molecule has 0 atom stereocenters. The first kappa shape index (κ1) is 15.3. The van der Waals surface area contributed by atoms with Gasteiger partial charge in [-0.15, -0.1) is 15.3 Å². The van der Waals surface area contributed by atoms with Crippen LogP contribution in [0.5, 0.6) is 0 Å². The minimum absolute atomic E-state index is 0.202. The van der Waals surface area contributed by atoms with Gasteiger partial charge >= 0.3 is 0 Å². The molecule has 2 fully saturated rings. The third kappa shape index (κ3) is 3.06. The zero-order valence-electron chi connectivity index (χ0n) is 13.7. The summed E-state index contributed by atoms with van der Waals surface area (Å²) in [4.78, 5) is 16.4. The molecule has 0 bridgehead atoms. The lowest BCUT2D eigenvalue weighted by atomic mass is 10.2. The van der Waals surface area contributed by atoms with E-state index in [4.69, 9.17) is 4.74 Å². The molecule has 4 heterocycles. The number of hydrogen-bond acceptors (Lipinski definition) is 6. The summed E-state index contributed by atoms with van der Waals surface area (Å²) < 4.78 is 7.15. The van der Waals surface area contributed by atoms with Crippen LogP contribution in [0.2, 0.25) is 0 Å². The lowest BCUT2D eigenvalue weighted by molar-refractivity contribution is -0.130. The van der Waals surface area contributed by atoms with Gasteiger partial charge in [-0.05, 0) is 25.0 Å². The van der Waals surface area contributed by atoms with Crippen LogP contribution >= 0.6 is 0 Å². The molecule has 2 saturated heterocycles. The van der Waals surface area contributed by atoms with E-state index in [-0.39, 0.29) is 5.91 Å². The van der Waals surface area contributed by atoms with Gasteiger partial charge in [0.15, 0.2) is 11.5 Å². The largest absolute Gasteiger partial charge is 0.378 e. The Kier molecular flexibility index (Phi) is 4.29. The van der Waals surface area contributed by atoms with Crippen molar-refractivity contribution >= 4 is 17.4 Å². The van der Waals surface area contributed by atoms with E-state index in [9.17, 15) is 4.79 Å². The van der Waals surface area contributed by atoms with E-state index in [2.05, 4.69) is 20.2 Å². The molecule has 2 aliphatic rings. The van der Waals surface area contributed by atoms with Crippen molar-refractivity contribution in [1.29, 1.82) is 0 Å². The quantitative estimate of drug-likeness (QED) is 0.813. The standard InChI is InChI=1S/C16H22N6O2/c23-16(21-7-1-2-8-21)6-5-14-18-17-13-3-4-15(19-22(13)14)20-9-11-24-12-10-20/h3-4H,1-2,5-12H2. The van der Waals surface area contributed by atoms with Crippen LogP contribution < -0.4 is 4.90 Å². The highest BCUT2D eigenvalue weighted by atomic mass is 16.5. The molecule has 0 aliphatic carbocycles. The summed E-state index contributed by atoms with van der Waals surface area (Å²) in [6.45, 7) is 4.89. The van der Waals surface area contributed by atoms with Crippen LogP contribution in [-0.2, 0) is 16.0 Å². The van der Waals surface area contributed by atoms with E-state index in [1.807, 2.05) is 17.0 Å². The van der Waals surface area contributed by atoms with Crippen LogP contribution in [0.15, 0.2) is 12.1 Å². The molecule has 0 radical (unpaired) electrons. The Morgan fingerprint density at radius 2 is 1.88 bits per heavy atom. The van der Waals surface area contributed by atoms with Gasteiger partial charge in [0.25, 0.3) is 0 Å². The van der Waals surface area contributed by atoms with Crippen molar-refractivity contribution in [3.63, 3.8) is 0 Å². The maximum atomic E-state index is 12.2. The summed E-state index contributed by atoms with van der Waals surface area (Å²) in [6.07, 6.45) is 3.26. The van der Waals surface area contributed by atoms with Crippen LogP contribution in [0, 0.1) is 0 Å². The predicted octanol–water partition coefficient (Wildman–Crippen LogP) is 0.516. The number of aryl methyl sites for hydroxylation is 1. The number of morpholine rings is 1. The number of ether oxygens (including phenoxy) is 1. The highest BCUT2D eigenvalue weighted by Crippen LogP contribution is 2.15. The normalized spacial score (nSPS) is 18.5. The molecular weight excluding hydrogens is 308 g/mol. The molecule has 0 spiro atoms. The number of carbonyl (C=O) groups excluding carboxylic acids is 1. The molecule has 8 nitrogen and oxygen atoms in total. The Bertz CT molecular complexity index is 718. The molecule has 4 rings (SSSR count). The first-order valence-electron chi connectivity index (χ1n) is 8.63. The van der Waals surface area contributed by atoms with Gasteiger partial charge in [0.1, 0.15) is 5.82 Å². The van der Waals surface area contributed by atoms with E-state index in [0.717, 1.165) is 69.5 Å². The molecule has 2 aromatic heterocycles. The van der Waals surface area contributed by atoms with E-state index in [0.29, 0.717) is 12.8 Å². The second kappa shape index (κ2) is 6.72. The van der Waals surface area contributed by atoms with Crippen LogP contribution in [-0.4, -0.2) is 70.0 Å². The van der Waals surface area contributed by atoms with Crippen molar-refractivity contribution in [2.24, 2.45) is 0 Å². The number of aromatic nitrogens is 4. The van der Waals surface area contributed by atoms with Crippen molar-refractivity contribution in [1.82, 2.24) is 24.7 Å². The Morgan fingerprint density at radius 3 is 2.67 bits per heavy atom. The number of hydrogen-bond donors (Lipinski definition) is 0. The summed E-state index contributed by atoms with van der Waals surface area (Å²) in [5.41, 5.74) is 0.718. The number of amides is 1. The maximum absolute atomic E-state index is 12.2. The van der Waals surface area contributed by atoms with Crippen molar-refractivity contribution in [2.75, 3.05) is 44.3 Å². The van der Waals surface area contributed by atoms with E-state index in [1.54, 1.807) is 4.52 Å².